The molecule has 2 aromatic rings. The number of hydrogen-bond acceptors (Lipinski definition) is 7. The molecule has 1 saturated heterocycles. The number of rotatable bonds is 6. The monoisotopic (exact) mass is 547 g/mol. The summed E-state index contributed by atoms with van der Waals surface area (Å²) in [4.78, 5) is 35.0. The molecule has 8 nitrogen and oxygen atoms in total. The van der Waals surface area contributed by atoms with E-state index in [9.17, 15) is 40.7 Å². The van der Waals surface area contributed by atoms with Gasteiger partial charge in [-0.15, -0.1) is 10.2 Å². The van der Waals surface area contributed by atoms with Crippen molar-refractivity contribution in [3.8, 4) is 11.3 Å². The summed E-state index contributed by atoms with van der Waals surface area (Å²) < 4.78 is 67.0. The topological polar surface area (TPSA) is 95.5 Å². The van der Waals surface area contributed by atoms with Crippen molar-refractivity contribution in [2.24, 2.45) is 0 Å². The number of piperazine rings is 1. The van der Waals surface area contributed by atoms with Gasteiger partial charge >= 0.3 is 23.9 Å². The van der Waals surface area contributed by atoms with Crippen LogP contribution >= 0.6 is 0 Å². The van der Waals surface area contributed by atoms with Crippen molar-refractivity contribution in [2.45, 2.75) is 45.7 Å². The van der Waals surface area contributed by atoms with Crippen molar-refractivity contribution in [3.05, 3.63) is 42.0 Å². The molecule has 1 aliphatic heterocycles. The standard InChI is InChI=1S/C20H27N5O.C4F6O2/c1-15(2)24-10-12-25(13-11-24)20-9-8-19(22-23-20)18-6-4-17(5-7-18)14-21-16(3)26;5-3(6,7)1(11)2(12)4(8,9)10/h4-9,15H,10-14H2,1-3H3,(H,21,26);. The van der Waals surface area contributed by atoms with Gasteiger partial charge in [0.05, 0.1) is 5.69 Å². The molecule has 1 aromatic heterocycles. The molecule has 0 bridgehead atoms. The van der Waals surface area contributed by atoms with E-state index in [0.29, 0.717) is 12.6 Å². The predicted octanol–water partition coefficient (Wildman–Crippen LogP) is 3.56. The zero-order chi connectivity index (χ0) is 28.7. The SMILES string of the molecule is CC(=O)NCc1ccc(-c2ccc(N3CCN(C(C)C)CC3)nn2)cc1.O=C(C(=O)C(F)(F)F)C(F)(F)F. The second-order valence-corrected chi connectivity index (χ2v) is 8.65. The van der Waals surface area contributed by atoms with Gasteiger partial charge in [0.2, 0.25) is 5.91 Å². The van der Waals surface area contributed by atoms with Crippen LogP contribution in [0, 0.1) is 0 Å². The molecule has 0 atom stereocenters. The zero-order valence-corrected chi connectivity index (χ0v) is 20.9. The van der Waals surface area contributed by atoms with Gasteiger partial charge in [0.25, 0.3) is 0 Å². The molecule has 1 aliphatic rings. The maximum absolute atomic E-state index is 11.2. The Morgan fingerprint density at radius 2 is 1.37 bits per heavy atom. The molecule has 208 valence electrons. The number of halogens is 6. The number of anilines is 1. The molecule has 3 rings (SSSR count). The molecule has 1 aromatic carbocycles. The Bertz CT molecular complexity index is 1070. The third kappa shape index (κ3) is 9.08. The van der Waals surface area contributed by atoms with Gasteiger partial charge in [-0.25, -0.2) is 0 Å². The summed E-state index contributed by atoms with van der Waals surface area (Å²) in [6.45, 7) is 10.7. The number of amides is 1. The van der Waals surface area contributed by atoms with E-state index in [1.807, 2.05) is 30.3 Å². The summed E-state index contributed by atoms with van der Waals surface area (Å²) in [6, 6.07) is 12.7. The number of Topliss-reactive ketones (excluding diaryl/α,β-unsaturated/α-hetero) is 2. The van der Waals surface area contributed by atoms with Crippen LogP contribution in [-0.2, 0) is 20.9 Å². The van der Waals surface area contributed by atoms with Crippen LogP contribution in [0.3, 0.4) is 0 Å². The highest BCUT2D eigenvalue weighted by Crippen LogP contribution is 2.24. The van der Waals surface area contributed by atoms with Crippen LogP contribution in [0.1, 0.15) is 26.3 Å². The number of hydrogen-bond donors (Lipinski definition) is 1. The molecule has 0 radical (unpaired) electrons. The first-order valence-electron chi connectivity index (χ1n) is 11.5. The lowest BCUT2D eigenvalue weighted by molar-refractivity contribution is -0.193. The van der Waals surface area contributed by atoms with E-state index in [4.69, 9.17) is 0 Å². The third-order valence-corrected chi connectivity index (χ3v) is 5.53. The number of alkyl halides is 6. The summed E-state index contributed by atoms with van der Waals surface area (Å²) in [6.07, 6.45) is -11.5. The van der Waals surface area contributed by atoms with E-state index < -0.39 is 23.9 Å². The zero-order valence-electron chi connectivity index (χ0n) is 20.9. The first-order valence-corrected chi connectivity index (χ1v) is 11.5. The maximum Gasteiger partial charge on any atom is 0.458 e. The van der Waals surface area contributed by atoms with E-state index in [1.165, 1.54) is 6.92 Å². The van der Waals surface area contributed by atoms with E-state index >= 15 is 0 Å². The molecular formula is C24H27F6N5O3. The van der Waals surface area contributed by atoms with Crippen molar-refractivity contribution in [3.63, 3.8) is 0 Å². The highest BCUT2D eigenvalue weighted by Gasteiger charge is 2.54. The van der Waals surface area contributed by atoms with E-state index in [0.717, 1.165) is 48.8 Å². The quantitative estimate of drug-likeness (QED) is 0.437. The molecule has 1 N–H and O–H groups in total. The number of aromatic nitrogens is 2. The number of ketones is 2. The summed E-state index contributed by atoms with van der Waals surface area (Å²) >= 11 is 0. The average molecular weight is 548 g/mol. The molecular weight excluding hydrogens is 520 g/mol. The number of nitrogens with one attached hydrogen (secondary N) is 1. The van der Waals surface area contributed by atoms with Gasteiger partial charge in [0, 0.05) is 51.3 Å². The van der Waals surface area contributed by atoms with Crippen LogP contribution in [0.5, 0.6) is 0 Å². The lowest BCUT2D eigenvalue weighted by Gasteiger charge is -2.37. The largest absolute Gasteiger partial charge is 0.458 e. The van der Waals surface area contributed by atoms with E-state index in [1.54, 1.807) is 0 Å². The molecule has 0 aliphatic carbocycles. The summed E-state index contributed by atoms with van der Waals surface area (Å²) in [5.74, 6) is -5.89. The van der Waals surface area contributed by atoms with Crippen LogP contribution in [0.2, 0.25) is 0 Å². The average Bonchev–Trinajstić information content (AvgIpc) is 2.86. The maximum atomic E-state index is 11.2. The van der Waals surface area contributed by atoms with E-state index in [-0.39, 0.29) is 5.91 Å². The lowest BCUT2D eigenvalue weighted by Crippen LogP contribution is -2.49. The molecule has 2 heterocycles. The van der Waals surface area contributed by atoms with Crippen LogP contribution < -0.4 is 10.2 Å². The van der Waals surface area contributed by atoms with Gasteiger partial charge in [-0.2, -0.15) is 26.3 Å². The molecule has 38 heavy (non-hydrogen) atoms. The van der Waals surface area contributed by atoms with Crippen LogP contribution in [0.4, 0.5) is 32.2 Å². The normalized spacial score (nSPS) is 14.5. The first kappa shape index (κ1) is 30.7. The summed E-state index contributed by atoms with van der Waals surface area (Å²) in [7, 11) is 0. The van der Waals surface area contributed by atoms with Crippen molar-refractivity contribution >= 4 is 23.3 Å². The predicted molar refractivity (Wildman–Crippen MR) is 126 cm³/mol. The Hall–Kier alpha value is -3.55. The van der Waals surface area contributed by atoms with Gasteiger partial charge < -0.3 is 10.2 Å². The van der Waals surface area contributed by atoms with Crippen molar-refractivity contribution in [1.29, 1.82) is 0 Å². The molecule has 0 spiro atoms. The second kappa shape index (κ2) is 12.8. The summed E-state index contributed by atoms with van der Waals surface area (Å²) in [5, 5.41) is 11.6. The highest BCUT2D eigenvalue weighted by atomic mass is 19.4. The first-order chi connectivity index (χ1) is 17.6. The fraction of sp³-hybridized carbons (Fsp3) is 0.458. The van der Waals surface area contributed by atoms with Gasteiger partial charge in [-0.3, -0.25) is 19.3 Å². The van der Waals surface area contributed by atoms with Crippen molar-refractivity contribution in [2.75, 3.05) is 31.1 Å². The lowest BCUT2D eigenvalue weighted by atomic mass is 10.1. The summed E-state index contributed by atoms with van der Waals surface area (Å²) in [5.41, 5.74) is 2.96. The Morgan fingerprint density at radius 3 is 1.76 bits per heavy atom. The molecule has 1 fully saturated rings. The molecule has 1 amide bonds. The smallest absolute Gasteiger partial charge is 0.353 e. The van der Waals surface area contributed by atoms with Gasteiger partial charge in [0.1, 0.15) is 0 Å². The number of benzene rings is 1. The Morgan fingerprint density at radius 1 is 0.842 bits per heavy atom. The van der Waals surface area contributed by atoms with Crippen LogP contribution in [0.15, 0.2) is 36.4 Å². The minimum Gasteiger partial charge on any atom is -0.353 e. The van der Waals surface area contributed by atoms with Crippen molar-refractivity contribution < 1.29 is 40.7 Å². The highest BCUT2D eigenvalue weighted by molar-refractivity contribution is 6.41. The minimum absolute atomic E-state index is 0.0234. The Labute approximate surface area is 215 Å². The van der Waals surface area contributed by atoms with Gasteiger partial charge in [-0.05, 0) is 31.5 Å². The number of carbonyl (C=O) groups is 3. The minimum atomic E-state index is -5.77. The van der Waals surface area contributed by atoms with Gasteiger partial charge in [-0.1, -0.05) is 24.3 Å². The molecule has 0 saturated carbocycles. The Kier molecular flexibility index (Phi) is 10.3. The van der Waals surface area contributed by atoms with Gasteiger partial charge in [0.15, 0.2) is 5.82 Å². The fourth-order valence-electron chi connectivity index (χ4n) is 3.39. The van der Waals surface area contributed by atoms with Crippen LogP contribution in [-0.4, -0.2) is 77.1 Å². The van der Waals surface area contributed by atoms with E-state index in [2.05, 4.69) is 45.2 Å². The van der Waals surface area contributed by atoms with Crippen LogP contribution in [0.25, 0.3) is 11.3 Å². The molecule has 14 heteroatoms. The number of carbonyl (C=O) groups excluding carboxylic acids is 3. The van der Waals surface area contributed by atoms with Crippen molar-refractivity contribution in [1.82, 2.24) is 20.4 Å². The Balaban J connectivity index is 0.000000358. The molecule has 0 unspecified atom stereocenters. The number of nitrogens with zero attached hydrogens (tertiary/aromatic N) is 4. The second-order valence-electron chi connectivity index (χ2n) is 8.65. The fourth-order valence-corrected chi connectivity index (χ4v) is 3.39. The third-order valence-electron chi connectivity index (χ3n) is 5.53.